The molecule has 4 heteroatoms. The number of nitrogens with zero attached hydrogens (tertiary/aromatic N) is 1. The van der Waals surface area contributed by atoms with Crippen molar-refractivity contribution < 1.29 is 14.7 Å². The highest BCUT2D eigenvalue weighted by molar-refractivity contribution is 5.79. The largest absolute Gasteiger partial charge is 0.481 e. The zero-order valence-electron chi connectivity index (χ0n) is 12.4. The van der Waals surface area contributed by atoms with Crippen molar-refractivity contribution in [1.29, 1.82) is 0 Å². The molecule has 0 aliphatic rings. The molecule has 1 amide bonds. The highest BCUT2D eigenvalue weighted by atomic mass is 16.4. The predicted octanol–water partition coefficient (Wildman–Crippen LogP) is 2.50. The lowest BCUT2D eigenvalue weighted by Gasteiger charge is -2.26. The van der Waals surface area contributed by atoms with Gasteiger partial charge < -0.3 is 10.0 Å². The van der Waals surface area contributed by atoms with E-state index in [1.54, 1.807) is 4.90 Å². The van der Waals surface area contributed by atoms with Crippen LogP contribution in [0, 0.1) is 0 Å². The Kier molecular flexibility index (Phi) is 6.22. The Labute approximate surface area is 120 Å². The first-order valence-corrected chi connectivity index (χ1v) is 7.03. The number of aryl methyl sites for hydroxylation is 1. The van der Waals surface area contributed by atoms with Crippen molar-refractivity contribution in [3.63, 3.8) is 0 Å². The van der Waals surface area contributed by atoms with E-state index in [2.05, 4.69) is 6.92 Å². The summed E-state index contributed by atoms with van der Waals surface area (Å²) in [6, 6.07) is 7.98. The van der Waals surface area contributed by atoms with Gasteiger partial charge in [-0.25, -0.2) is 0 Å². The summed E-state index contributed by atoms with van der Waals surface area (Å²) in [5, 5.41) is 8.75. The van der Waals surface area contributed by atoms with Crippen molar-refractivity contribution in [1.82, 2.24) is 4.90 Å². The maximum absolute atomic E-state index is 12.3. The molecule has 1 aromatic carbocycles. The molecule has 1 rings (SSSR count). The zero-order valence-corrected chi connectivity index (χ0v) is 12.4. The average Bonchev–Trinajstić information content (AvgIpc) is 2.38. The lowest BCUT2D eigenvalue weighted by Crippen LogP contribution is -2.39. The number of hydrogen-bond acceptors (Lipinski definition) is 2. The molecule has 0 spiro atoms. The second kappa shape index (κ2) is 7.68. The average molecular weight is 277 g/mol. The topological polar surface area (TPSA) is 57.6 Å². The summed E-state index contributed by atoms with van der Waals surface area (Å²) in [6.07, 6.45) is 1.25. The number of carboxylic acid groups (broad SMARTS) is 1. The Hall–Kier alpha value is -1.84. The molecule has 0 aliphatic carbocycles. The van der Waals surface area contributed by atoms with E-state index < -0.39 is 5.97 Å². The van der Waals surface area contributed by atoms with Crippen molar-refractivity contribution in [3.05, 3.63) is 35.4 Å². The fraction of sp³-hybridized carbons (Fsp3) is 0.500. The summed E-state index contributed by atoms with van der Waals surface area (Å²) in [7, 11) is 0. The van der Waals surface area contributed by atoms with Crippen LogP contribution >= 0.6 is 0 Å². The Morgan fingerprint density at radius 1 is 1.25 bits per heavy atom. The molecule has 0 radical (unpaired) electrons. The molecule has 0 aliphatic heterocycles. The Balaban J connectivity index is 2.72. The second-order valence-corrected chi connectivity index (χ2v) is 5.17. The minimum Gasteiger partial charge on any atom is -0.481 e. The Bertz CT molecular complexity index is 469. The number of carbonyl (C=O) groups is 2. The van der Waals surface area contributed by atoms with Crippen LogP contribution < -0.4 is 0 Å². The van der Waals surface area contributed by atoms with Crippen LogP contribution in [0.25, 0.3) is 0 Å². The monoisotopic (exact) mass is 277 g/mol. The standard InChI is InChI=1S/C16H23NO3/c1-4-13-6-5-7-14(10-13)11-15(18)17(12(2)3)9-8-16(19)20/h5-7,10,12H,4,8-9,11H2,1-3H3,(H,19,20). The minimum absolute atomic E-state index is 0.0104. The van der Waals surface area contributed by atoms with Gasteiger partial charge in [-0.05, 0) is 31.4 Å². The molecule has 0 atom stereocenters. The molecule has 0 fully saturated rings. The number of hydrogen-bond donors (Lipinski definition) is 1. The number of rotatable bonds is 7. The number of carboxylic acids is 1. The summed E-state index contributed by atoms with van der Waals surface area (Å²) in [4.78, 5) is 24.6. The van der Waals surface area contributed by atoms with Gasteiger partial charge in [0, 0.05) is 12.6 Å². The first-order chi connectivity index (χ1) is 9.43. The van der Waals surface area contributed by atoms with Crippen molar-refractivity contribution in [2.45, 2.75) is 46.1 Å². The molecule has 0 saturated heterocycles. The molecule has 0 saturated carbocycles. The molecule has 0 aromatic heterocycles. The van der Waals surface area contributed by atoms with Gasteiger partial charge in [0.05, 0.1) is 12.8 Å². The van der Waals surface area contributed by atoms with Crippen molar-refractivity contribution >= 4 is 11.9 Å². The predicted molar refractivity (Wildman–Crippen MR) is 78.6 cm³/mol. The van der Waals surface area contributed by atoms with Gasteiger partial charge in [0.25, 0.3) is 0 Å². The highest BCUT2D eigenvalue weighted by Gasteiger charge is 2.18. The van der Waals surface area contributed by atoms with E-state index >= 15 is 0 Å². The molecule has 1 aromatic rings. The van der Waals surface area contributed by atoms with E-state index in [9.17, 15) is 9.59 Å². The maximum Gasteiger partial charge on any atom is 0.305 e. The van der Waals surface area contributed by atoms with Gasteiger partial charge in [0.1, 0.15) is 0 Å². The van der Waals surface area contributed by atoms with Gasteiger partial charge in [-0.2, -0.15) is 0 Å². The number of carbonyl (C=O) groups excluding carboxylic acids is 1. The molecule has 0 unspecified atom stereocenters. The SMILES string of the molecule is CCc1cccc(CC(=O)N(CCC(=O)O)C(C)C)c1. The van der Waals surface area contributed by atoms with E-state index in [1.807, 2.05) is 38.1 Å². The summed E-state index contributed by atoms with van der Waals surface area (Å²) < 4.78 is 0. The number of amides is 1. The molecular weight excluding hydrogens is 254 g/mol. The third kappa shape index (κ3) is 5.03. The smallest absolute Gasteiger partial charge is 0.305 e. The molecule has 4 nitrogen and oxygen atoms in total. The molecular formula is C16H23NO3. The normalized spacial score (nSPS) is 10.6. The third-order valence-corrected chi connectivity index (χ3v) is 3.27. The molecule has 0 heterocycles. The molecule has 1 N–H and O–H groups in total. The van der Waals surface area contributed by atoms with Crippen LogP contribution in [0.4, 0.5) is 0 Å². The summed E-state index contributed by atoms with van der Waals surface area (Å²) in [5.41, 5.74) is 2.19. The van der Waals surface area contributed by atoms with Crippen LogP contribution in [0.15, 0.2) is 24.3 Å². The quantitative estimate of drug-likeness (QED) is 0.833. The van der Waals surface area contributed by atoms with Crippen LogP contribution in [0.2, 0.25) is 0 Å². The minimum atomic E-state index is -0.878. The van der Waals surface area contributed by atoms with E-state index in [4.69, 9.17) is 5.11 Å². The van der Waals surface area contributed by atoms with Gasteiger partial charge in [-0.3, -0.25) is 9.59 Å². The van der Waals surface area contributed by atoms with Gasteiger partial charge in [-0.15, -0.1) is 0 Å². The van der Waals surface area contributed by atoms with Crippen LogP contribution in [0.3, 0.4) is 0 Å². The highest BCUT2D eigenvalue weighted by Crippen LogP contribution is 2.10. The molecule has 110 valence electrons. The summed E-state index contributed by atoms with van der Waals surface area (Å²) in [5.74, 6) is -0.897. The molecule has 0 bridgehead atoms. The van der Waals surface area contributed by atoms with Gasteiger partial charge in [0.2, 0.25) is 5.91 Å². The van der Waals surface area contributed by atoms with Gasteiger partial charge in [0.15, 0.2) is 0 Å². The number of benzene rings is 1. The van der Waals surface area contributed by atoms with Gasteiger partial charge >= 0.3 is 5.97 Å². The van der Waals surface area contributed by atoms with E-state index in [-0.39, 0.29) is 24.9 Å². The lowest BCUT2D eigenvalue weighted by atomic mass is 10.1. The van der Waals surface area contributed by atoms with Crippen molar-refractivity contribution in [2.24, 2.45) is 0 Å². The maximum atomic E-state index is 12.3. The Morgan fingerprint density at radius 2 is 1.90 bits per heavy atom. The summed E-state index contributed by atoms with van der Waals surface area (Å²) >= 11 is 0. The zero-order chi connectivity index (χ0) is 15.1. The first kappa shape index (κ1) is 16.2. The van der Waals surface area contributed by atoms with E-state index in [0.717, 1.165) is 12.0 Å². The fourth-order valence-corrected chi connectivity index (χ4v) is 2.12. The van der Waals surface area contributed by atoms with Gasteiger partial charge in [-0.1, -0.05) is 31.2 Å². The van der Waals surface area contributed by atoms with Crippen molar-refractivity contribution in [3.8, 4) is 0 Å². The van der Waals surface area contributed by atoms with Crippen LogP contribution in [0.5, 0.6) is 0 Å². The fourth-order valence-electron chi connectivity index (χ4n) is 2.12. The summed E-state index contributed by atoms with van der Waals surface area (Å²) in [6.45, 7) is 6.15. The van der Waals surface area contributed by atoms with Crippen molar-refractivity contribution in [2.75, 3.05) is 6.54 Å². The van der Waals surface area contributed by atoms with Crippen LogP contribution in [0.1, 0.15) is 38.3 Å². The Morgan fingerprint density at radius 3 is 2.45 bits per heavy atom. The van der Waals surface area contributed by atoms with Crippen LogP contribution in [-0.2, 0) is 22.4 Å². The first-order valence-electron chi connectivity index (χ1n) is 7.03. The van der Waals surface area contributed by atoms with E-state index in [0.29, 0.717) is 6.42 Å². The third-order valence-electron chi connectivity index (χ3n) is 3.27. The number of aliphatic carboxylic acids is 1. The van der Waals surface area contributed by atoms with E-state index in [1.165, 1.54) is 5.56 Å². The lowest BCUT2D eigenvalue weighted by molar-refractivity contribution is -0.139. The van der Waals surface area contributed by atoms with Crippen LogP contribution in [-0.4, -0.2) is 34.5 Å². The second-order valence-electron chi connectivity index (χ2n) is 5.17. The molecule has 20 heavy (non-hydrogen) atoms.